The van der Waals surface area contributed by atoms with Gasteiger partial charge in [0.1, 0.15) is 0 Å². The van der Waals surface area contributed by atoms with Crippen LogP contribution in [0.2, 0.25) is 0 Å². The summed E-state index contributed by atoms with van der Waals surface area (Å²) >= 11 is 0. The van der Waals surface area contributed by atoms with Crippen LogP contribution in [0.1, 0.15) is 65.2 Å². The first-order valence-electron chi connectivity index (χ1n) is 6.39. The van der Waals surface area contributed by atoms with Crippen LogP contribution in [0.15, 0.2) is 0 Å². The lowest BCUT2D eigenvalue weighted by Gasteiger charge is -2.36. The van der Waals surface area contributed by atoms with E-state index in [2.05, 4.69) is 13.8 Å². The maximum absolute atomic E-state index is 5.96. The maximum Gasteiger partial charge on any atom is -0.00205 e. The first-order chi connectivity index (χ1) is 6.68. The SMILES string of the molecule is CC(C)CCCC1(CN)CCCCC1. The lowest BCUT2D eigenvalue weighted by atomic mass is 9.71. The van der Waals surface area contributed by atoms with Crippen LogP contribution in [-0.4, -0.2) is 6.54 Å². The predicted molar refractivity (Wildman–Crippen MR) is 63.3 cm³/mol. The normalized spacial score (nSPS) is 21.4. The summed E-state index contributed by atoms with van der Waals surface area (Å²) in [6.45, 7) is 5.55. The minimum Gasteiger partial charge on any atom is -0.330 e. The van der Waals surface area contributed by atoms with Crippen LogP contribution in [0.4, 0.5) is 0 Å². The second-order valence-corrected chi connectivity index (χ2v) is 5.55. The molecule has 0 bridgehead atoms. The third-order valence-corrected chi connectivity index (χ3v) is 3.84. The fourth-order valence-corrected chi connectivity index (χ4v) is 2.74. The molecule has 1 aliphatic carbocycles. The molecule has 0 spiro atoms. The third-order valence-electron chi connectivity index (χ3n) is 3.84. The van der Waals surface area contributed by atoms with Gasteiger partial charge in [-0.2, -0.15) is 0 Å². The molecule has 0 aliphatic heterocycles. The molecule has 2 N–H and O–H groups in total. The molecule has 0 atom stereocenters. The topological polar surface area (TPSA) is 26.0 Å². The number of hydrogen-bond donors (Lipinski definition) is 1. The summed E-state index contributed by atoms with van der Waals surface area (Å²) in [6, 6.07) is 0. The number of nitrogens with two attached hydrogens (primary N) is 1. The Balaban J connectivity index is 2.29. The van der Waals surface area contributed by atoms with E-state index in [-0.39, 0.29) is 0 Å². The zero-order valence-electron chi connectivity index (χ0n) is 10.0. The van der Waals surface area contributed by atoms with Gasteiger partial charge >= 0.3 is 0 Å². The van der Waals surface area contributed by atoms with Crippen molar-refractivity contribution in [1.82, 2.24) is 0 Å². The largest absolute Gasteiger partial charge is 0.330 e. The molecule has 0 saturated heterocycles. The molecule has 1 rings (SSSR count). The van der Waals surface area contributed by atoms with Crippen LogP contribution in [0.5, 0.6) is 0 Å². The van der Waals surface area contributed by atoms with Crippen molar-refractivity contribution in [3.8, 4) is 0 Å². The lowest BCUT2D eigenvalue weighted by Crippen LogP contribution is -2.32. The Bertz CT molecular complexity index is 145. The fraction of sp³-hybridized carbons (Fsp3) is 1.00. The van der Waals surface area contributed by atoms with Gasteiger partial charge in [0.2, 0.25) is 0 Å². The molecule has 84 valence electrons. The molecule has 0 radical (unpaired) electrons. The molecule has 0 amide bonds. The summed E-state index contributed by atoms with van der Waals surface area (Å²) in [5.74, 6) is 0.855. The lowest BCUT2D eigenvalue weighted by molar-refractivity contribution is 0.174. The summed E-state index contributed by atoms with van der Waals surface area (Å²) in [5, 5.41) is 0. The van der Waals surface area contributed by atoms with Crippen LogP contribution in [0.3, 0.4) is 0 Å². The Morgan fingerprint density at radius 3 is 2.29 bits per heavy atom. The van der Waals surface area contributed by atoms with E-state index in [1.165, 1.54) is 51.4 Å². The van der Waals surface area contributed by atoms with Gasteiger partial charge in [-0.05, 0) is 37.1 Å². The Morgan fingerprint density at radius 2 is 1.79 bits per heavy atom. The van der Waals surface area contributed by atoms with Gasteiger partial charge in [-0.1, -0.05) is 46.0 Å². The highest BCUT2D eigenvalue weighted by atomic mass is 14.6. The van der Waals surface area contributed by atoms with Gasteiger partial charge in [-0.25, -0.2) is 0 Å². The quantitative estimate of drug-likeness (QED) is 0.714. The van der Waals surface area contributed by atoms with Crippen LogP contribution in [-0.2, 0) is 0 Å². The first-order valence-corrected chi connectivity index (χ1v) is 6.39. The zero-order chi connectivity index (χ0) is 10.4. The molecule has 14 heavy (non-hydrogen) atoms. The molecule has 0 heterocycles. The van der Waals surface area contributed by atoms with Gasteiger partial charge in [-0.15, -0.1) is 0 Å². The second-order valence-electron chi connectivity index (χ2n) is 5.55. The summed E-state index contributed by atoms with van der Waals surface area (Å²) in [5.41, 5.74) is 6.49. The van der Waals surface area contributed by atoms with Crippen LogP contribution < -0.4 is 5.73 Å². The van der Waals surface area contributed by atoms with Gasteiger partial charge in [0.05, 0.1) is 0 Å². The Labute approximate surface area is 89.5 Å². The first kappa shape index (κ1) is 12.0. The molecule has 1 saturated carbocycles. The Kier molecular flexibility index (Phi) is 4.94. The van der Waals surface area contributed by atoms with Crippen molar-refractivity contribution in [3.05, 3.63) is 0 Å². The van der Waals surface area contributed by atoms with Crippen molar-refractivity contribution < 1.29 is 0 Å². The van der Waals surface area contributed by atoms with Crippen molar-refractivity contribution in [2.45, 2.75) is 65.2 Å². The van der Waals surface area contributed by atoms with E-state index in [1.807, 2.05) is 0 Å². The Hall–Kier alpha value is -0.0400. The van der Waals surface area contributed by atoms with Crippen molar-refractivity contribution in [3.63, 3.8) is 0 Å². The zero-order valence-corrected chi connectivity index (χ0v) is 10.0. The fourth-order valence-electron chi connectivity index (χ4n) is 2.74. The third kappa shape index (κ3) is 3.61. The summed E-state index contributed by atoms with van der Waals surface area (Å²) in [6.07, 6.45) is 11.2. The van der Waals surface area contributed by atoms with Gasteiger partial charge in [0.25, 0.3) is 0 Å². The molecule has 1 aliphatic rings. The summed E-state index contributed by atoms with van der Waals surface area (Å²) in [7, 11) is 0. The number of hydrogen-bond acceptors (Lipinski definition) is 1. The monoisotopic (exact) mass is 197 g/mol. The van der Waals surface area contributed by atoms with E-state index in [1.54, 1.807) is 0 Å². The highest BCUT2D eigenvalue weighted by Gasteiger charge is 2.29. The van der Waals surface area contributed by atoms with E-state index >= 15 is 0 Å². The van der Waals surface area contributed by atoms with Crippen molar-refractivity contribution >= 4 is 0 Å². The van der Waals surface area contributed by atoms with Crippen molar-refractivity contribution in [2.24, 2.45) is 17.1 Å². The van der Waals surface area contributed by atoms with E-state index in [9.17, 15) is 0 Å². The van der Waals surface area contributed by atoms with Crippen LogP contribution >= 0.6 is 0 Å². The predicted octanol–water partition coefficient (Wildman–Crippen LogP) is 3.72. The van der Waals surface area contributed by atoms with Crippen LogP contribution in [0.25, 0.3) is 0 Å². The molecule has 1 nitrogen and oxygen atoms in total. The Morgan fingerprint density at radius 1 is 1.14 bits per heavy atom. The minimum atomic E-state index is 0.535. The van der Waals surface area contributed by atoms with Gasteiger partial charge < -0.3 is 5.73 Å². The molecule has 0 unspecified atom stereocenters. The molecule has 0 aromatic heterocycles. The van der Waals surface area contributed by atoms with E-state index < -0.39 is 0 Å². The molecule has 1 heteroatoms. The van der Waals surface area contributed by atoms with Crippen molar-refractivity contribution in [2.75, 3.05) is 6.54 Å². The highest BCUT2D eigenvalue weighted by Crippen LogP contribution is 2.39. The summed E-state index contributed by atoms with van der Waals surface area (Å²) in [4.78, 5) is 0. The second kappa shape index (κ2) is 5.75. The molecular weight excluding hydrogens is 170 g/mol. The number of rotatable bonds is 5. The maximum atomic E-state index is 5.96. The molecule has 0 aromatic carbocycles. The van der Waals surface area contributed by atoms with E-state index in [4.69, 9.17) is 5.73 Å². The van der Waals surface area contributed by atoms with Gasteiger partial charge in [-0.3, -0.25) is 0 Å². The van der Waals surface area contributed by atoms with Gasteiger partial charge in [0.15, 0.2) is 0 Å². The standard InChI is InChI=1S/C13H27N/c1-12(2)7-6-10-13(11-14)8-4-3-5-9-13/h12H,3-11,14H2,1-2H3. The highest BCUT2D eigenvalue weighted by molar-refractivity contribution is 4.83. The smallest absolute Gasteiger partial charge is 0.00205 e. The van der Waals surface area contributed by atoms with Crippen molar-refractivity contribution in [1.29, 1.82) is 0 Å². The minimum absolute atomic E-state index is 0.535. The van der Waals surface area contributed by atoms with E-state index in [0.717, 1.165) is 12.5 Å². The molecule has 0 aromatic rings. The average molecular weight is 197 g/mol. The average Bonchev–Trinajstić information content (AvgIpc) is 2.19. The van der Waals surface area contributed by atoms with E-state index in [0.29, 0.717) is 5.41 Å². The molecular formula is C13H27N. The van der Waals surface area contributed by atoms with Gasteiger partial charge in [0, 0.05) is 0 Å². The summed E-state index contributed by atoms with van der Waals surface area (Å²) < 4.78 is 0. The van der Waals surface area contributed by atoms with Crippen LogP contribution in [0, 0.1) is 11.3 Å². The molecule has 1 fully saturated rings.